The van der Waals surface area contributed by atoms with E-state index in [9.17, 15) is 9.59 Å². The minimum atomic E-state index is -0.218. The van der Waals surface area contributed by atoms with Crippen molar-refractivity contribution >= 4 is 11.8 Å². The molecule has 1 N–H and O–H groups in total. The number of amides is 2. The second kappa shape index (κ2) is 6.83. The van der Waals surface area contributed by atoms with Gasteiger partial charge in [-0.15, -0.1) is 0 Å². The Morgan fingerprint density at radius 1 is 1.21 bits per heavy atom. The van der Waals surface area contributed by atoms with Crippen LogP contribution in [0.5, 0.6) is 5.75 Å². The van der Waals surface area contributed by atoms with Gasteiger partial charge < -0.3 is 15.0 Å². The molecule has 2 fully saturated rings. The predicted octanol–water partition coefficient (Wildman–Crippen LogP) is 2.17. The molecule has 0 bridgehead atoms. The lowest BCUT2D eigenvalue weighted by Gasteiger charge is -2.20. The van der Waals surface area contributed by atoms with Crippen molar-refractivity contribution < 1.29 is 14.3 Å². The number of rotatable bonds is 5. The van der Waals surface area contributed by atoms with Crippen LogP contribution >= 0.6 is 0 Å². The molecule has 5 heteroatoms. The van der Waals surface area contributed by atoms with Crippen molar-refractivity contribution in [3.63, 3.8) is 0 Å². The molecule has 0 radical (unpaired) electrons. The van der Waals surface area contributed by atoms with Crippen LogP contribution in [0.2, 0.25) is 0 Å². The molecule has 0 unspecified atom stereocenters. The Kier molecular flexibility index (Phi) is 4.78. The number of likely N-dealkylation sites (tertiary alicyclic amines) is 1. The van der Waals surface area contributed by atoms with E-state index in [4.69, 9.17) is 4.74 Å². The first-order chi connectivity index (χ1) is 11.5. The van der Waals surface area contributed by atoms with E-state index in [0.717, 1.165) is 24.2 Å². The van der Waals surface area contributed by atoms with Gasteiger partial charge in [0.2, 0.25) is 11.8 Å². The molecule has 24 heavy (non-hydrogen) atoms. The topological polar surface area (TPSA) is 58.6 Å². The molecular formula is C19H26N2O3. The van der Waals surface area contributed by atoms with Crippen molar-refractivity contribution in [2.24, 2.45) is 11.8 Å². The highest BCUT2D eigenvalue weighted by Crippen LogP contribution is 2.38. The number of nitrogens with zero attached hydrogens (tertiary/aromatic N) is 1. The Bertz CT molecular complexity index is 625. The van der Waals surface area contributed by atoms with Crippen LogP contribution in [0.1, 0.15) is 38.2 Å². The van der Waals surface area contributed by atoms with Gasteiger partial charge in [0.15, 0.2) is 0 Å². The lowest BCUT2D eigenvalue weighted by atomic mass is 9.87. The van der Waals surface area contributed by atoms with Gasteiger partial charge in [-0.2, -0.15) is 0 Å². The summed E-state index contributed by atoms with van der Waals surface area (Å²) in [5.41, 5.74) is 1.01. The van der Waals surface area contributed by atoms with Gasteiger partial charge >= 0.3 is 0 Å². The van der Waals surface area contributed by atoms with Gasteiger partial charge in [0, 0.05) is 31.0 Å². The summed E-state index contributed by atoms with van der Waals surface area (Å²) < 4.78 is 5.49. The highest BCUT2D eigenvalue weighted by atomic mass is 16.5. The zero-order valence-electron chi connectivity index (χ0n) is 14.6. The van der Waals surface area contributed by atoms with Gasteiger partial charge in [-0.25, -0.2) is 0 Å². The fourth-order valence-corrected chi connectivity index (χ4v) is 3.44. The van der Waals surface area contributed by atoms with Gasteiger partial charge in [0.05, 0.1) is 13.0 Å². The number of carbonyl (C=O) groups is 2. The molecule has 1 aromatic rings. The smallest absolute Gasteiger partial charge is 0.225 e. The van der Waals surface area contributed by atoms with Crippen molar-refractivity contribution in [1.29, 1.82) is 0 Å². The normalized spacial score (nSPS) is 23.4. The third-order valence-corrected chi connectivity index (χ3v) is 4.92. The van der Waals surface area contributed by atoms with Gasteiger partial charge in [-0.3, -0.25) is 9.59 Å². The van der Waals surface area contributed by atoms with E-state index < -0.39 is 0 Å². The number of hydrogen-bond acceptors (Lipinski definition) is 3. The van der Waals surface area contributed by atoms with Crippen LogP contribution < -0.4 is 10.1 Å². The SMILES string of the molecule is COc1ccccc1[C@@H]1CN(C(=O)C(C)C)C[C@@H]1C(=O)NC1CC1. The summed E-state index contributed by atoms with van der Waals surface area (Å²) in [5.74, 6) is 0.649. The molecule has 0 spiro atoms. The minimum absolute atomic E-state index is 0.0254. The number of para-hydroxylation sites is 1. The van der Waals surface area contributed by atoms with Crippen LogP contribution in [-0.4, -0.2) is 43.0 Å². The van der Waals surface area contributed by atoms with Crippen LogP contribution in [0, 0.1) is 11.8 Å². The second-order valence-electron chi connectivity index (χ2n) is 7.14. The number of nitrogens with one attached hydrogen (secondary N) is 1. The van der Waals surface area contributed by atoms with Crippen LogP contribution in [-0.2, 0) is 9.59 Å². The quantitative estimate of drug-likeness (QED) is 0.900. The van der Waals surface area contributed by atoms with E-state index in [-0.39, 0.29) is 29.6 Å². The summed E-state index contributed by atoms with van der Waals surface area (Å²) in [6.45, 7) is 4.86. The molecule has 3 rings (SSSR count). The maximum Gasteiger partial charge on any atom is 0.225 e. The van der Waals surface area contributed by atoms with Gasteiger partial charge in [0.1, 0.15) is 5.75 Å². The third kappa shape index (κ3) is 3.40. The molecule has 0 aromatic heterocycles. The third-order valence-electron chi connectivity index (χ3n) is 4.92. The first-order valence-corrected chi connectivity index (χ1v) is 8.73. The second-order valence-corrected chi connectivity index (χ2v) is 7.14. The van der Waals surface area contributed by atoms with Crippen LogP contribution in [0.25, 0.3) is 0 Å². The molecule has 1 aliphatic carbocycles. The fraction of sp³-hybridized carbons (Fsp3) is 0.579. The number of hydrogen-bond donors (Lipinski definition) is 1. The molecule has 1 saturated heterocycles. The van der Waals surface area contributed by atoms with E-state index in [0.29, 0.717) is 19.1 Å². The Labute approximate surface area is 143 Å². The fourth-order valence-electron chi connectivity index (χ4n) is 3.44. The maximum atomic E-state index is 12.7. The van der Waals surface area contributed by atoms with Crippen molar-refractivity contribution in [3.8, 4) is 5.75 Å². The average Bonchev–Trinajstić information content (AvgIpc) is 3.28. The number of benzene rings is 1. The summed E-state index contributed by atoms with van der Waals surface area (Å²) >= 11 is 0. The molecule has 1 saturated carbocycles. The lowest BCUT2D eigenvalue weighted by Crippen LogP contribution is -2.37. The van der Waals surface area contributed by atoms with Crippen molar-refractivity contribution in [2.75, 3.05) is 20.2 Å². The van der Waals surface area contributed by atoms with Gasteiger partial charge in [0.25, 0.3) is 0 Å². The van der Waals surface area contributed by atoms with E-state index in [1.807, 2.05) is 43.0 Å². The first kappa shape index (κ1) is 16.8. The number of ether oxygens (including phenoxy) is 1. The molecule has 2 atom stereocenters. The molecule has 1 aromatic carbocycles. The van der Waals surface area contributed by atoms with Crippen LogP contribution in [0.15, 0.2) is 24.3 Å². The zero-order valence-corrected chi connectivity index (χ0v) is 14.6. The minimum Gasteiger partial charge on any atom is -0.496 e. The largest absolute Gasteiger partial charge is 0.496 e. The van der Waals surface area contributed by atoms with Gasteiger partial charge in [-0.1, -0.05) is 32.0 Å². The predicted molar refractivity (Wildman–Crippen MR) is 91.8 cm³/mol. The van der Waals surface area contributed by atoms with Crippen molar-refractivity contribution in [2.45, 2.75) is 38.6 Å². The van der Waals surface area contributed by atoms with E-state index >= 15 is 0 Å². The summed E-state index contributed by atoms with van der Waals surface area (Å²) in [7, 11) is 1.64. The maximum absolute atomic E-state index is 12.7. The Hall–Kier alpha value is -2.04. The molecule has 2 aliphatic rings. The van der Waals surface area contributed by atoms with Gasteiger partial charge in [-0.05, 0) is 24.5 Å². The summed E-state index contributed by atoms with van der Waals surface area (Å²) in [6.07, 6.45) is 2.12. The zero-order chi connectivity index (χ0) is 17.3. The molecule has 1 heterocycles. The Balaban J connectivity index is 1.87. The molecule has 130 valence electrons. The van der Waals surface area contributed by atoms with E-state index in [1.54, 1.807) is 7.11 Å². The standard InChI is InChI=1S/C19H26N2O3/c1-12(2)19(23)21-10-15(14-6-4-5-7-17(14)24-3)16(11-21)18(22)20-13-8-9-13/h4-7,12-13,15-16H,8-11H2,1-3H3,(H,20,22)/t15-,16-/m0/s1. The number of methoxy groups -OCH3 is 1. The van der Waals surface area contributed by atoms with E-state index in [1.165, 1.54) is 0 Å². The Morgan fingerprint density at radius 2 is 1.92 bits per heavy atom. The summed E-state index contributed by atoms with van der Waals surface area (Å²) in [5, 5.41) is 3.10. The lowest BCUT2D eigenvalue weighted by molar-refractivity contribution is -0.133. The highest BCUT2D eigenvalue weighted by molar-refractivity contribution is 5.84. The average molecular weight is 330 g/mol. The summed E-state index contributed by atoms with van der Waals surface area (Å²) in [6, 6.07) is 8.13. The monoisotopic (exact) mass is 330 g/mol. The highest BCUT2D eigenvalue weighted by Gasteiger charge is 2.42. The van der Waals surface area contributed by atoms with Crippen molar-refractivity contribution in [3.05, 3.63) is 29.8 Å². The Morgan fingerprint density at radius 3 is 2.54 bits per heavy atom. The molecule has 2 amide bonds. The van der Waals surface area contributed by atoms with Crippen LogP contribution in [0.3, 0.4) is 0 Å². The molecule has 5 nitrogen and oxygen atoms in total. The van der Waals surface area contributed by atoms with Crippen molar-refractivity contribution in [1.82, 2.24) is 10.2 Å². The number of carbonyl (C=O) groups excluding carboxylic acids is 2. The first-order valence-electron chi connectivity index (χ1n) is 8.73. The summed E-state index contributed by atoms with van der Waals surface area (Å²) in [4.78, 5) is 27.0. The van der Waals surface area contributed by atoms with E-state index in [2.05, 4.69) is 5.32 Å². The molecular weight excluding hydrogens is 304 g/mol. The molecule has 1 aliphatic heterocycles. The van der Waals surface area contributed by atoms with Crippen LogP contribution in [0.4, 0.5) is 0 Å².